The number of ether oxygens (including phenoxy) is 3. The second-order valence-electron chi connectivity index (χ2n) is 18.5. The molecule has 49 heavy (non-hydrogen) atoms. The van der Waals surface area contributed by atoms with Crippen molar-refractivity contribution in [1.29, 1.82) is 0 Å². The summed E-state index contributed by atoms with van der Waals surface area (Å²) in [5.41, 5.74) is 0.302. The molecule has 9 nitrogen and oxygen atoms in total. The summed E-state index contributed by atoms with van der Waals surface area (Å²) in [6, 6.07) is -0.0233. The molecule has 5 fully saturated rings. The van der Waals surface area contributed by atoms with Gasteiger partial charge in [0, 0.05) is 29.6 Å². The molecule has 0 aromatic carbocycles. The third-order valence-corrected chi connectivity index (χ3v) is 17.0. The summed E-state index contributed by atoms with van der Waals surface area (Å²) in [4.78, 5) is 18.0. The molecule has 1 aromatic rings. The number of halogens is 1. The molecule has 11 atom stereocenters. The van der Waals surface area contributed by atoms with Crippen molar-refractivity contribution in [2.24, 2.45) is 56.7 Å². The Labute approximate surface area is 302 Å². The minimum Gasteiger partial charge on any atom is -0.481 e. The van der Waals surface area contributed by atoms with Crippen LogP contribution in [0.3, 0.4) is 0 Å². The fraction of sp³-hybridized carbons (Fsp3) is 0.872. The van der Waals surface area contributed by atoms with Crippen molar-refractivity contribution in [1.82, 2.24) is 20.1 Å². The summed E-state index contributed by atoms with van der Waals surface area (Å²) in [7, 11) is 2.05. The average Bonchev–Trinajstić information content (AvgIpc) is 3.49. The predicted molar refractivity (Wildman–Crippen MR) is 192 cm³/mol. The fourth-order valence-electron chi connectivity index (χ4n) is 13.1. The number of allylic oxidation sites excluding steroid dienone is 1. The number of nitrogens with one attached hydrogen (secondary N) is 1. The van der Waals surface area contributed by atoms with Gasteiger partial charge in [0.05, 0.1) is 37.9 Å². The largest absolute Gasteiger partial charge is 0.481 e. The maximum absolute atomic E-state index is 13.5. The Morgan fingerprint density at radius 1 is 1.08 bits per heavy atom. The van der Waals surface area contributed by atoms with E-state index < -0.39 is 11.9 Å². The zero-order valence-corrected chi connectivity index (χ0v) is 32.8. The third-order valence-electron chi connectivity index (χ3n) is 16.5. The van der Waals surface area contributed by atoms with Gasteiger partial charge in [-0.05, 0) is 114 Å². The normalized spacial score (nSPS) is 45.1. The van der Waals surface area contributed by atoms with Crippen LogP contribution in [0.15, 0.2) is 22.7 Å². The number of fused-ring (bicyclic) bond motifs is 3. The van der Waals surface area contributed by atoms with Crippen LogP contribution in [-0.2, 0) is 19.0 Å². The van der Waals surface area contributed by atoms with Crippen LogP contribution in [0.4, 0.5) is 0 Å². The van der Waals surface area contributed by atoms with Gasteiger partial charge in [0.1, 0.15) is 6.33 Å². The van der Waals surface area contributed by atoms with Gasteiger partial charge in [-0.3, -0.25) is 4.79 Å². The van der Waals surface area contributed by atoms with E-state index in [9.17, 15) is 9.90 Å². The molecular weight excluding hydrogens is 684 g/mol. The average molecular weight is 746 g/mol. The topological polar surface area (TPSA) is 108 Å². The van der Waals surface area contributed by atoms with Crippen LogP contribution in [0, 0.1) is 56.7 Å². The number of likely N-dealkylation sites (N-methyl/N-ethyl adjacent to an activating group) is 1. The van der Waals surface area contributed by atoms with Gasteiger partial charge in [-0.15, -0.1) is 0 Å². The first-order valence-electron chi connectivity index (χ1n) is 19.1. The zero-order valence-electron chi connectivity index (χ0n) is 31.2. The summed E-state index contributed by atoms with van der Waals surface area (Å²) in [6.45, 7) is 19.8. The first-order chi connectivity index (χ1) is 23.1. The van der Waals surface area contributed by atoms with Gasteiger partial charge in [0.2, 0.25) is 0 Å². The Balaban J connectivity index is 1.30. The van der Waals surface area contributed by atoms with Gasteiger partial charge in [-0.2, -0.15) is 5.10 Å². The van der Waals surface area contributed by atoms with Gasteiger partial charge >= 0.3 is 5.97 Å². The number of aromatic nitrogens is 3. The fourth-order valence-corrected chi connectivity index (χ4v) is 13.5. The van der Waals surface area contributed by atoms with E-state index in [-0.39, 0.29) is 44.8 Å². The SMILES string of the molecule is CNC1(CO[C@H]2[C@H](n3ncnc3Br)C[C@@]34COC[C@]2(C)[C@@H]3CC[C@H]2C4=CC[C@@]3(C)[C@H](C(=O)O)[C@@](C)([C@H](C)C(C)C)CC[C@]23C)CCOCC1. The van der Waals surface area contributed by atoms with Crippen molar-refractivity contribution in [2.75, 3.05) is 40.1 Å². The number of carbonyl (C=O) groups is 1. The minimum absolute atomic E-state index is 0.0233. The second kappa shape index (κ2) is 12.4. The molecule has 2 N–H and O–H groups in total. The van der Waals surface area contributed by atoms with E-state index >= 15 is 0 Å². The standard InChI is InChI=1S/C39H61BrN4O5/c1-24(2)25(3)34(4)13-14-36(6)26-9-10-29-35(5)20-48-22-39(29,27(26)11-12-37(36,7)30(34)32(45)46)19-28(44-33(40)42-23-43-44)31(35)49-21-38(41-8)15-17-47-18-16-38/h11,23-26,28-31,41H,9-10,12-22H2,1-8H3,(H,45,46)/t25-,26+,28-,29+,30-,31+,34-,35-,36-,37+,39+/m1/s1. The van der Waals surface area contributed by atoms with Crippen LogP contribution < -0.4 is 5.32 Å². The highest BCUT2D eigenvalue weighted by atomic mass is 79.9. The number of hydrogen-bond donors (Lipinski definition) is 2. The highest BCUT2D eigenvalue weighted by Crippen LogP contribution is 2.75. The highest BCUT2D eigenvalue weighted by Gasteiger charge is 2.72. The van der Waals surface area contributed by atoms with E-state index in [1.165, 1.54) is 5.57 Å². The first kappa shape index (κ1) is 36.0. The molecule has 3 heterocycles. The number of rotatable bonds is 8. The smallest absolute Gasteiger partial charge is 0.307 e. The van der Waals surface area contributed by atoms with E-state index in [1.807, 2.05) is 0 Å². The van der Waals surface area contributed by atoms with Crippen molar-refractivity contribution in [3.63, 3.8) is 0 Å². The Hall–Kier alpha value is -1.33. The molecule has 2 saturated heterocycles. The predicted octanol–water partition coefficient (Wildman–Crippen LogP) is 7.32. The Bertz CT molecular complexity index is 1460. The lowest BCUT2D eigenvalue weighted by Gasteiger charge is -2.71. The van der Waals surface area contributed by atoms with Gasteiger partial charge in [-0.1, -0.05) is 60.1 Å². The van der Waals surface area contributed by atoms with Gasteiger partial charge < -0.3 is 24.6 Å². The van der Waals surface area contributed by atoms with Crippen LogP contribution in [0.5, 0.6) is 0 Å². The van der Waals surface area contributed by atoms with E-state index in [0.717, 1.165) is 69.3 Å². The molecule has 0 spiro atoms. The van der Waals surface area contributed by atoms with Crippen molar-refractivity contribution in [3.05, 3.63) is 22.7 Å². The summed E-state index contributed by atoms with van der Waals surface area (Å²) in [5, 5.41) is 19.5. The monoisotopic (exact) mass is 744 g/mol. The molecular formula is C39H61BrN4O5. The van der Waals surface area contributed by atoms with Crippen LogP contribution in [0.25, 0.3) is 0 Å². The van der Waals surface area contributed by atoms with E-state index in [1.54, 1.807) is 6.33 Å². The van der Waals surface area contributed by atoms with Crippen molar-refractivity contribution < 1.29 is 24.1 Å². The molecule has 274 valence electrons. The minimum atomic E-state index is -0.613. The number of aliphatic carboxylic acids is 1. The molecule has 1 aromatic heterocycles. The molecule has 10 heteroatoms. The molecule has 6 aliphatic rings. The summed E-state index contributed by atoms with van der Waals surface area (Å²) in [6.07, 6.45) is 11.8. The Morgan fingerprint density at radius 3 is 2.45 bits per heavy atom. The number of hydrogen-bond acceptors (Lipinski definition) is 7. The van der Waals surface area contributed by atoms with Gasteiger partial charge in [0.15, 0.2) is 4.73 Å². The number of carboxylic acid groups (broad SMARTS) is 1. The van der Waals surface area contributed by atoms with Crippen LogP contribution in [0.2, 0.25) is 0 Å². The van der Waals surface area contributed by atoms with Crippen molar-refractivity contribution in [3.8, 4) is 0 Å². The molecule has 2 bridgehead atoms. The summed E-state index contributed by atoms with van der Waals surface area (Å²) >= 11 is 3.75. The van der Waals surface area contributed by atoms with Crippen LogP contribution in [-0.4, -0.2) is 77.6 Å². The molecule has 2 aliphatic heterocycles. The molecule has 3 saturated carbocycles. The van der Waals surface area contributed by atoms with E-state index in [4.69, 9.17) is 19.3 Å². The molecule has 0 unspecified atom stereocenters. The van der Waals surface area contributed by atoms with Crippen LogP contribution >= 0.6 is 15.9 Å². The van der Waals surface area contributed by atoms with Crippen LogP contribution in [0.1, 0.15) is 106 Å². The lowest BCUT2D eigenvalue weighted by molar-refractivity contribution is -0.254. The third kappa shape index (κ3) is 5.06. The molecule has 0 radical (unpaired) electrons. The lowest BCUT2D eigenvalue weighted by Crippen LogP contribution is -2.69. The van der Waals surface area contributed by atoms with Gasteiger partial charge in [0.25, 0.3) is 0 Å². The summed E-state index contributed by atoms with van der Waals surface area (Å²) < 4.78 is 22.5. The maximum Gasteiger partial charge on any atom is 0.307 e. The van der Waals surface area contributed by atoms with Crippen molar-refractivity contribution in [2.45, 2.75) is 118 Å². The van der Waals surface area contributed by atoms with Crippen molar-refractivity contribution >= 4 is 21.9 Å². The number of carboxylic acids is 1. The molecule has 7 rings (SSSR count). The van der Waals surface area contributed by atoms with E-state index in [0.29, 0.717) is 43.5 Å². The maximum atomic E-state index is 13.5. The highest BCUT2D eigenvalue weighted by molar-refractivity contribution is 9.10. The zero-order chi connectivity index (χ0) is 35.2. The first-order valence-corrected chi connectivity index (χ1v) is 19.9. The Morgan fingerprint density at radius 2 is 1.82 bits per heavy atom. The lowest BCUT2D eigenvalue weighted by atomic mass is 9.34. The van der Waals surface area contributed by atoms with E-state index in [2.05, 4.69) is 92.5 Å². The molecule has 0 amide bonds. The second-order valence-corrected chi connectivity index (χ2v) is 19.2. The van der Waals surface area contributed by atoms with Gasteiger partial charge in [-0.25, -0.2) is 9.67 Å². The molecule has 4 aliphatic carbocycles. The quantitative estimate of drug-likeness (QED) is 0.267. The number of nitrogens with zero attached hydrogens (tertiary/aromatic N) is 3. The Kier molecular flexibility index (Phi) is 9.11. The summed E-state index contributed by atoms with van der Waals surface area (Å²) in [5.74, 6) is 0.464.